The first-order valence-electron chi connectivity index (χ1n) is 5.63. The molecule has 1 amide bonds. The van der Waals surface area contributed by atoms with Crippen LogP contribution in [-0.2, 0) is 0 Å². The Balaban J connectivity index is 2.53. The van der Waals surface area contributed by atoms with Gasteiger partial charge in [-0.25, -0.2) is 0 Å². The van der Waals surface area contributed by atoms with Gasteiger partial charge in [0.25, 0.3) is 5.91 Å². The Morgan fingerprint density at radius 3 is 2.35 bits per heavy atom. The van der Waals surface area contributed by atoms with Gasteiger partial charge >= 0.3 is 0 Å². The Morgan fingerprint density at radius 2 is 1.82 bits per heavy atom. The fraction of sp³-hybridized carbons (Fsp3) is 0.462. The molecule has 0 radical (unpaired) electrons. The fourth-order valence-electron chi connectivity index (χ4n) is 1.56. The van der Waals surface area contributed by atoms with Crippen LogP contribution >= 0.6 is 15.9 Å². The smallest absolute Gasteiger partial charge is 0.251 e. The molecule has 0 bridgehead atoms. The average Bonchev–Trinajstić information content (AvgIpc) is 2.27. The van der Waals surface area contributed by atoms with E-state index < -0.39 is 0 Å². The average molecular weight is 299 g/mol. The highest BCUT2D eigenvalue weighted by Gasteiger charge is 2.18. The molecule has 2 N–H and O–H groups in total. The first-order valence-corrected chi connectivity index (χ1v) is 6.42. The molecular weight excluding hydrogens is 280 g/mol. The van der Waals surface area contributed by atoms with Gasteiger partial charge in [-0.1, -0.05) is 29.8 Å². The minimum absolute atomic E-state index is 0.0262. The zero-order chi connectivity index (χ0) is 12.9. The van der Waals surface area contributed by atoms with Crippen LogP contribution in [0.15, 0.2) is 28.7 Å². The standard InChI is InChI=1S/C13H19BrN2O/c1-13(2,8-15-3)9-16-12(17)10-4-6-11(14)7-5-10/h4-7,15H,8-9H2,1-3H3,(H,16,17). The van der Waals surface area contributed by atoms with Gasteiger partial charge in [0, 0.05) is 23.1 Å². The zero-order valence-corrected chi connectivity index (χ0v) is 12.1. The predicted octanol–water partition coefficient (Wildman–Crippen LogP) is 2.42. The molecule has 1 rings (SSSR count). The summed E-state index contributed by atoms with van der Waals surface area (Å²) in [6.07, 6.45) is 0. The summed E-state index contributed by atoms with van der Waals surface area (Å²) in [4.78, 5) is 11.9. The highest BCUT2D eigenvalue weighted by Crippen LogP contribution is 2.13. The molecule has 0 aliphatic carbocycles. The van der Waals surface area contributed by atoms with Gasteiger partial charge in [-0.15, -0.1) is 0 Å². The summed E-state index contributed by atoms with van der Waals surface area (Å²) < 4.78 is 0.976. The number of amides is 1. The number of carbonyl (C=O) groups is 1. The Hall–Kier alpha value is -0.870. The number of nitrogens with one attached hydrogen (secondary N) is 2. The lowest BCUT2D eigenvalue weighted by molar-refractivity contribution is 0.0936. The molecule has 0 aromatic heterocycles. The lowest BCUT2D eigenvalue weighted by atomic mass is 9.93. The summed E-state index contributed by atoms with van der Waals surface area (Å²) in [6, 6.07) is 7.36. The van der Waals surface area contributed by atoms with E-state index in [2.05, 4.69) is 40.4 Å². The van der Waals surface area contributed by atoms with E-state index in [-0.39, 0.29) is 11.3 Å². The number of carbonyl (C=O) groups excluding carboxylic acids is 1. The van der Waals surface area contributed by atoms with E-state index in [0.29, 0.717) is 12.1 Å². The van der Waals surface area contributed by atoms with Gasteiger partial charge < -0.3 is 10.6 Å². The van der Waals surface area contributed by atoms with Crippen molar-refractivity contribution in [2.24, 2.45) is 5.41 Å². The van der Waals surface area contributed by atoms with E-state index in [1.54, 1.807) is 0 Å². The van der Waals surface area contributed by atoms with Gasteiger partial charge in [0.1, 0.15) is 0 Å². The van der Waals surface area contributed by atoms with Crippen molar-refractivity contribution in [3.8, 4) is 0 Å². The number of rotatable bonds is 5. The first-order chi connectivity index (χ1) is 7.94. The minimum Gasteiger partial charge on any atom is -0.351 e. The molecule has 0 fully saturated rings. The van der Waals surface area contributed by atoms with Crippen molar-refractivity contribution in [2.45, 2.75) is 13.8 Å². The van der Waals surface area contributed by atoms with Crippen LogP contribution < -0.4 is 10.6 Å². The quantitative estimate of drug-likeness (QED) is 0.877. The van der Waals surface area contributed by atoms with E-state index in [1.807, 2.05) is 31.3 Å². The maximum Gasteiger partial charge on any atom is 0.251 e. The van der Waals surface area contributed by atoms with E-state index in [1.165, 1.54) is 0 Å². The van der Waals surface area contributed by atoms with Crippen LogP contribution in [0.5, 0.6) is 0 Å². The van der Waals surface area contributed by atoms with E-state index in [9.17, 15) is 4.79 Å². The summed E-state index contributed by atoms with van der Waals surface area (Å²) in [5.74, 6) is -0.0262. The summed E-state index contributed by atoms with van der Waals surface area (Å²) in [5.41, 5.74) is 0.744. The Morgan fingerprint density at radius 1 is 1.24 bits per heavy atom. The molecule has 17 heavy (non-hydrogen) atoms. The molecule has 0 unspecified atom stereocenters. The number of halogens is 1. The lowest BCUT2D eigenvalue weighted by Crippen LogP contribution is -2.39. The van der Waals surface area contributed by atoms with Crippen LogP contribution in [0.3, 0.4) is 0 Å². The topological polar surface area (TPSA) is 41.1 Å². The minimum atomic E-state index is -0.0262. The number of benzene rings is 1. The van der Waals surface area contributed by atoms with Crippen LogP contribution in [-0.4, -0.2) is 26.0 Å². The zero-order valence-electron chi connectivity index (χ0n) is 10.5. The van der Waals surface area contributed by atoms with Crippen LogP contribution in [0.1, 0.15) is 24.2 Å². The van der Waals surface area contributed by atoms with Gasteiger partial charge in [-0.2, -0.15) is 0 Å². The summed E-state index contributed by atoms with van der Waals surface area (Å²) >= 11 is 3.35. The molecule has 0 atom stereocenters. The Labute approximate surface area is 111 Å². The van der Waals surface area contributed by atoms with Crippen molar-refractivity contribution in [2.75, 3.05) is 20.1 Å². The normalized spacial score (nSPS) is 11.3. The molecule has 0 heterocycles. The second-order valence-electron chi connectivity index (χ2n) is 4.88. The molecule has 4 heteroatoms. The monoisotopic (exact) mass is 298 g/mol. The first kappa shape index (κ1) is 14.2. The lowest BCUT2D eigenvalue weighted by Gasteiger charge is -2.24. The molecule has 0 saturated carbocycles. The van der Waals surface area contributed by atoms with Crippen LogP contribution in [0.4, 0.5) is 0 Å². The summed E-state index contributed by atoms with van der Waals surface area (Å²) in [7, 11) is 1.91. The largest absolute Gasteiger partial charge is 0.351 e. The molecule has 94 valence electrons. The second kappa shape index (κ2) is 6.17. The van der Waals surface area contributed by atoms with Gasteiger partial charge in [0.15, 0.2) is 0 Å². The summed E-state index contributed by atoms with van der Waals surface area (Å²) in [5, 5.41) is 6.07. The Kier molecular flexibility index (Phi) is 5.15. The molecule has 1 aromatic carbocycles. The fourth-order valence-corrected chi connectivity index (χ4v) is 1.83. The molecule has 0 aliphatic heterocycles. The highest BCUT2D eigenvalue weighted by molar-refractivity contribution is 9.10. The molecule has 0 spiro atoms. The Bertz CT molecular complexity index is 374. The molecule has 3 nitrogen and oxygen atoms in total. The number of hydrogen-bond acceptors (Lipinski definition) is 2. The van der Waals surface area contributed by atoms with E-state index >= 15 is 0 Å². The molecule has 0 aliphatic rings. The molecular formula is C13H19BrN2O. The van der Waals surface area contributed by atoms with Gasteiger partial charge in [-0.3, -0.25) is 4.79 Å². The van der Waals surface area contributed by atoms with E-state index in [4.69, 9.17) is 0 Å². The molecule has 1 aromatic rings. The van der Waals surface area contributed by atoms with Gasteiger partial charge in [0.2, 0.25) is 0 Å². The van der Waals surface area contributed by atoms with Crippen molar-refractivity contribution in [1.29, 1.82) is 0 Å². The third-order valence-corrected chi connectivity index (χ3v) is 3.02. The van der Waals surface area contributed by atoms with E-state index in [0.717, 1.165) is 11.0 Å². The van der Waals surface area contributed by atoms with Gasteiger partial charge in [-0.05, 0) is 36.7 Å². The van der Waals surface area contributed by atoms with Crippen molar-refractivity contribution in [3.05, 3.63) is 34.3 Å². The third kappa shape index (κ3) is 4.88. The summed E-state index contributed by atoms with van der Waals surface area (Å²) in [6.45, 7) is 5.76. The maximum atomic E-state index is 11.9. The van der Waals surface area contributed by atoms with Crippen molar-refractivity contribution < 1.29 is 4.79 Å². The van der Waals surface area contributed by atoms with Crippen molar-refractivity contribution in [3.63, 3.8) is 0 Å². The molecule has 0 saturated heterocycles. The maximum absolute atomic E-state index is 11.9. The third-order valence-electron chi connectivity index (χ3n) is 2.49. The van der Waals surface area contributed by atoms with Crippen LogP contribution in [0.2, 0.25) is 0 Å². The predicted molar refractivity (Wildman–Crippen MR) is 74.2 cm³/mol. The second-order valence-corrected chi connectivity index (χ2v) is 5.80. The van der Waals surface area contributed by atoms with Crippen molar-refractivity contribution in [1.82, 2.24) is 10.6 Å². The number of hydrogen-bond donors (Lipinski definition) is 2. The SMILES string of the molecule is CNCC(C)(C)CNC(=O)c1ccc(Br)cc1. The van der Waals surface area contributed by atoms with Crippen LogP contribution in [0.25, 0.3) is 0 Å². The highest BCUT2D eigenvalue weighted by atomic mass is 79.9. The van der Waals surface area contributed by atoms with Gasteiger partial charge in [0.05, 0.1) is 0 Å². The van der Waals surface area contributed by atoms with Crippen LogP contribution in [0, 0.1) is 5.41 Å². The van der Waals surface area contributed by atoms with Crippen molar-refractivity contribution >= 4 is 21.8 Å².